The Morgan fingerprint density at radius 3 is 2.28 bits per heavy atom. The Bertz CT molecular complexity index is 2020. The van der Waals surface area contributed by atoms with Gasteiger partial charge in [-0.15, -0.1) is 0 Å². The number of carbonyl (C=O) groups excluding carboxylic acids is 5. The summed E-state index contributed by atoms with van der Waals surface area (Å²) in [6.07, 6.45) is 11.8. The molecule has 17 heteroatoms. The number of nitrogens with zero attached hydrogens (tertiary/aromatic N) is 1. The molecule has 0 aromatic rings. The Balaban J connectivity index is 1.32. The molecule has 16 atom stereocenters. The minimum atomic E-state index is -2.48. The van der Waals surface area contributed by atoms with E-state index in [4.69, 9.17) is 42.6 Å². The lowest BCUT2D eigenvalue weighted by atomic mass is 9.68. The fraction of sp³-hybridized carbons (Fsp3) is 0.772. The number of aliphatic hydroxyl groups excluding tert-OH is 1. The maximum Gasteiger partial charge on any atom is 0.329 e. The van der Waals surface area contributed by atoms with Gasteiger partial charge in [-0.1, -0.05) is 64.2 Å². The van der Waals surface area contributed by atoms with Crippen molar-refractivity contribution in [2.45, 2.75) is 173 Å². The molecule has 416 valence electrons. The SMILES string of the molecule is COCCOCCOC1C[C@@H]2CC[C@@H](C)[C@@](O)(O2)C(=O)C(=O)N2CCC[C@@H]3C(C[C@@H]4CCC(OC5COC5)[C@H](OC)C4)[C@H](CC(=O)[C@H](C)/C=C(\C)[C@@H](O)[C@@H](OC)C(=O)[C@H](C)C[C@H](C)/C=C/C=C/C=C/1C)OC(=O)C32. The van der Waals surface area contributed by atoms with Gasteiger partial charge in [0.05, 0.1) is 64.1 Å². The summed E-state index contributed by atoms with van der Waals surface area (Å²) in [6, 6.07) is -1.13. The highest BCUT2D eigenvalue weighted by molar-refractivity contribution is 6.39. The number of aliphatic hydroxyl groups is 2. The normalized spacial score (nSPS) is 40.1. The van der Waals surface area contributed by atoms with E-state index < -0.39 is 83.7 Å². The summed E-state index contributed by atoms with van der Waals surface area (Å²) < 4.78 is 53.1. The van der Waals surface area contributed by atoms with E-state index in [0.29, 0.717) is 83.6 Å². The van der Waals surface area contributed by atoms with Crippen LogP contribution in [0.3, 0.4) is 0 Å². The van der Waals surface area contributed by atoms with Crippen molar-refractivity contribution >= 4 is 29.2 Å². The maximum absolute atomic E-state index is 14.7. The Hall–Kier alpha value is -3.49. The molecular formula is C57H87NO16. The third-order valence-corrected chi connectivity index (χ3v) is 16.6. The standard InChI is InChI=1S/C57H87NO16/c1-34-14-11-10-12-15-35(2)47(71-25-24-69-23-22-66-7)30-41-19-17-39(6)57(65,74-41)54(62)55(63)58-21-13-16-43-44(28-40-18-20-46(49(29-40)67-8)72-42-32-70-33-42)48(73-56(64)50(43)58)31-45(59)36(3)27-38(5)52(61)53(68-9)51(60)37(4)26-34/h10-12,14-15,27,34,36-37,39-44,46-50,52-53,61,65H,13,16-26,28-33H2,1-9H3/b12-10+,14-11+,35-15+,38-27+/t34-,36-,37-,39-,40+,41+,43-,44?,46?,47?,48+,49-,50?,52-,53+,57-/m1/s1. The number of Topliss-reactive ketones (excluding diaryl/α,β-unsaturated/α-hetero) is 3. The van der Waals surface area contributed by atoms with Crippen molar-refractivity contribution in [2.24, 2.45) is 41.4 Å². The molecule has 74 heavy (non-hydrogen) atoms. The van der Waals surface area contributed by atoms with E-state index >= 15 is 0 Å². The van der Waals surface area contributed by atoms with Crippen LogP contribution in [0.2, 0.25) is 0 Å². The molecule has 17 nitrogen and oxygen atoms in total. The van der Waals surface area contributed by atoms with Gasteiger partial charge in [0, 0.05) is 64.4 Å². The van der Waals surface area contributed by atoms with Crippen LogP contribution in [0.25, 0.3) is 0 Å². The first-order valence-electron chi connectivity index (χ1n) is 27.3. The predicted octanol–water partition coefficient (Wildman–Crippen LogP) is 5.86. The van der Waals surface area contributed by atoms with Crippen molar-refractivity contribution in [3.63, 3.8) is 0 Å². The van der Waals surface area contributed by atoms with E-state index in [0.717, 1.165) is 18.4 Å². The summed E-state index contributed by atoms with van der Waals surface area (Å²) in [4.78, 5) is 73.3. The van der Waals surface area contributed by atoms with Crippen LogP contribution >= 0.6 is 0 Å². The molecule has 4 bridgehead atoms. The number of allylic oxidation sites excluding steroid dienone is 6. The average molecular weight is 1040 g/mol. The Morgan fingerprint density at radius 2 is 1.58 bits per heavy atom. The molecule has 1 amide bonds. The molecule has 0 radical (unpaired) electrons. The Labute approximate surface area is 439 Å². The lowest BCUT2D eigenvalue weighted by Gasteiger charge is -2.50. The third-order valence-electron chi connectivity index (χ3n) is 16.6. The first-order valence-corrected chi connectivity index (χ1v) is 27.3. The highest BCUT2D eigenvalue weighted by Crippen LogP contribution is 2.46. The second kappa shape index (κ2) is 28.2. The monoisotopic (exact) mass is 1040 g/mol. The third kappa shape index (κ3) is 15.2. The molecule has 0 aromatic carbocycles. The van der Waals surface area contributed by atoms with Crippen molar-refractivity contribution < 1.29 is 76.8 Å². The molecule has 5 aliphatic heterocycles. The number of ether oxygens (including phenoxy) is 9. The largest absolute Gasteiger partial charge is 0.460 e. The number of rotatable bonds is 13. The van der Waals surface area contributed by atoms with Crippen LogP contribution in [0.5, 0.6) is 0 Å². The van der Waals surface area contributed by atoms with E-state index in [1.807, 2.05) is 51.2 Å². The van der Waals surface area contributed by atoms with Gasteiger partial charge in [-0.3, -0.25) is 19.2 Å². The van der Waals surface area contributed by atoms with Gasteiger partial charge < -0.3 is 57.7 Å². The van der Waals surface area contributed by atoms with E-state index in [1.54, 1.807) is 41.1 Å². The van der Waals surface area contributed by atoms with Gasteiger partial charge in [0.1, 0.15) is 36.2 Å². The molecular weight excluding hydrogens is 955 g/mol. The number of hydrogen-bond donors (Lipinski definition) is 2. The van der Waals surface area contributed by atoms with Gasteiger partial charge in [0.15, 0.2) is 5.78 Å². The first-order chi connectivity index (χ1) is 35.4. The lowest BCUT2D eigenvalue weighted by Crippen LogP contribution is -2.65. The molecule has 4 unspecified atom stereocenters. The number of piperidine rings is 1. The fourth-order valence-corrected chi connectivity index (χ4v) is 12.0. The van der Waals surface area contributed by atoms with Crippen LogP contribution in [0.1, 0.15) is 112 Å². The van der Waals surface area contributed by atoms with Crippen molar-refractivity contribution in [3.8, 4) is 0 Å². The second-order valence-corrected chi connectivity index (χ2v) is 22.0. The lowest BCUT2D eigenvalue weighted by molar-refractivity contribution is -0.266. The van der Waals surface area contributed by atoms with Crippen LogP contribution in [-0.4, -0.2) is 173 Å². The highest BCUT2D eigenvalue weighted by Gasteiger charge is 2.57. The first kappa shape index (κ1) is 59.7. The number of methoxy groups -OCH3 is 3. The summed E-state index contributed by atoms with van der Waals surface area (Å²) in [7, 11) is 4.67. The molecule has 6 rings (SSSR count). The molecule has 1 saturated carbocycles. The van der Waals surface area contributed by atoms with E-state index in [9.17, 15) is 34.2 Å². The zero-order valence-electron chi connectivity index (χ0n) is 45.5. The summed E-state index contributed by atoms with van der Waals surface area (Å²) in [5, 5.41) is 23.8. The average Bonchev–Trinajstić information content (AvgIpc) is 3.36. The Morgan fingerprint density at radius 1 is 0.824 bits per heavy atom. The second-order valence-electron chi connectivity index (χ2n) is 22.0. The van der Waals surface area contributed by atoms with E-state index in [-0.39, 0.29) is 73.6 Å². The minimum absolute atomic E-state index is 0.000677. The molecule has 0 spiro atoms. The summed E-state index contributed by atoms with van der Waals surface area (Å²) in [6.45, 7) is 13.4. The summed E-state index contributed by atoms with van der Waals surface area (Å²) in [5.74, 6) is -8.48. The maximum atomic E-state index is 14.7. The van der Waals surface area contributed by atoms with Crippen molar-refractivity contribution in [1.29, 1.82) is 0 Å². The minimum Gasteiger partial charge on any atom is -0.460 e. The zero-order valence-corrected chi connectivity index (χ0v) is 45.5. The number of hydrogen-bond acceptors (Lipinski definition) is 16. The van der Waals surface area contributed by atoms with Crippen LogP contribution in [-0.2, 0) is 66.6 Å². The molecule has 6 aliphatic rings. The van der Waals surface area contributed by atoms with Gasteiger partial charge in [-0.25, -0.2) is 4.79 Å². The van der Waals surface area contributed by atoms with Gasteiger partial charge in [0.2, 0.25) is 5.79 Å². The molecule has 5 heterocycles. The van der Waals surface area contributed by atoms with Gasteiger partial charge in [-0.2, -0.15) is 0 Å². The molecule has 2 N–H and O–H groups in total. The highest BCUT2D eigenvalue weighted by atomic mass is 16.6. The van der Waals surface area contributed by atoms with Crippen molar-refractivity contribution in [3.05, 3.63) is 47.6 Å². The molecule has 5 fully saturated rings. The summed E-state index contributed by atoms with van der Waals surface area (Å²) in [5.41, 5.74) is 1.25. The van der Waals surface area contributed by atoms with Gasteiger partial charge in [-0.05, 0) is 101 Å². The topological polar surface area (TPSA) is 212 Å². The number of fused-ring (bicyclic) bond motifs is 4. The molecule has 1 aliphatic carbocycles. The Kier molecular flexibility index (Phi) is 22.8. The van der Waals surface area contributed by atoms with Crippen LogP contribution in [0.15, 0.2) is 47.6 Å². The van der Waals surface area contributed by atoms with E-state index in [1.165, 1.54) is 12.0 Å². The van der Waals surface area contributed by atoms with Crippen LogP contribution in [0.4, 0.5) is 0 Å². The van der Waals surface area contributed by atoms with Gasteiger partial charge in [0.25, 0.3) is 11.7 Å². The smallest absolute Gasteiger partial charge is 0.329 e. The zero-order chi connectivity index (χ0) is 53.7. The molecule has 0 aromatic heterocycles. The number of ketones is 3. The van der Waals surface area contributed by atoms with Crippen LogP contribution < -0.4 is 0 Å². The number of amides is 1. The molecule has 4 saturated heterocycles. The number of carbonyl (C=O) groups is 5. The number of esters is 1. The quantitative estimate of drug-likeness (QED) is 0.0958. The fourth-order valence-electron chi connectivity index (χ4n) is 12.0. The van der Waals surface area contributed by atoms with Crippen molar-refractivity contribution in [1.82, 2.24) is 4.90 Å². The predicted molar refractivity (Wildman–Crippen MR) is 273 cm³/mol. The van der Waals surface area contributed by atoms with Gasteiger partial charge >= 0.3 is 5.97 Å². The van der Waals surface area contributed by atoms with Crippen molar-refractivity contribution in [2.75, 3.05) is 67.5 Å². The van der Waals surface area contributed by atoms with E-state index in [2.05, 4.69) is 0 Å². The summed E-state index contributed by atoms with van der Waals surface area (Å²) >= 11 is 0. The van der Waals surface area contributed by atoms with Crippen LogP contribution in [0, 0.1) is 41.4 Å².